The minimum absolute atomic E-state index is 0.00637. The number of nitrogens with zero attached hydrogens (tertiary/aromatic N) is 1. The van der Waals surface area contributed by atoms with Crippen molar-refractivity contribution < 1.29 is 9.18 Å². The summed E-state index contributed by atoms with van der Waals surface area (Å²) in [5.41, 5.74) is 3.22. The van der Waals surface area contributed by atoms with Gasteiger partial charge in [-0.1, -0.05) is 24.3 Å². The lowest BCUT2D eigenvalue weighted by Crippen LogP contribution is -2.31. The Bertz CT molecular complexity index is 601. The van der Waals surface area contributed by atoms with Gasteiger partial charge in [-0.3, -0.25) is 10.6 Å². The van der Waals surface area contributed by atoms with Crippen molar-refractivity contribution in [2.45, 2.75) is 6.92 Å². The number of hydrogen-bond donors (Lipinski definition) is 2. The molecule has 0 radical (unpaired) electrons. The molecule has 0 saturated heterocycles. The quantitative estimate of drug-likeness (QED) is 0.665. The van der Waals surface area contributed by atoms with Gasteiger partial charge in [0.2, 0.25) is 0 Å². The van der Waals surface area contributed by atoms with Crippen LogP contribution in [0.5, 0.6) is 0 Å². The van der Waals surface area contributed by atoms with E-state index >= 15 is 0 Å². The van der Waals surface area contributed by atoms with Gasteiger partial charge in [0.05, 0.1) is 11.3 Å². The first kappa shape index (κ1) is 14.0. The molecule has 0 atom stereocenters. The molecule has 0 bridgehead atoms. The van der Waals surface area contributed by atoms with Crippen LogP contribution in [0, 0.1) is 5.82 Å². The van der Waals surface area contributed by atoms with Gasteiger partial charge in [-0.2, -0.15) is 0 Å². The number of hydrazine groups is 1. The van der Waals surface area contributed by atoms with Gasteiger partial charge in [-0.15, -0.1) is 0 Å². The summed E-state index contributed by atoms with van der Waals surface area (Å²) in [7, 11) is 0. The van der Waals surface area contributed by atoms with E-state index in [0.29, 0.717) is 6.54 Å². The molecule has 0 aliphatic heterocycles. The Hall–Kier alpha value is -2.40. The highest BCUT2D eigenvalue weighted by atomic mass is 19.1. The molecule has 1 amide bonds. The van der Waals surface area contributed by atoms with Crippen molar-refractivity contribution in [3.05, 3.63) is 59.9 Å². The number of para-hydroxylation sites is 2. The Morgan fingerprint density at radius 2 is 1.90 bits per heavy atom. The largest absolute Gasteiger partial charge is 0.321 e. The zero-order valence-corrected chi connectivity index (χ0v) is 11.1. The van der Waals surface area contributed by atoms with E-state index in [4.69, 9.17) is 5.84 Å². The molecule has 0 spiro atoms. The lowest BCUT2D eigenvalue weighted by molar-refractivity contribution is 0.0988. The number of carbonyl (C=O) groups is 1. The summed E-state index contributed by atoms with van der Waals surface area (Å²) >= 11 is 0. The van der Waals surface area contributed by atoms with Gasteiger partial charge >= 0.3 is 0 Å². The maximum absolute atomic E-state index is 13.7. The maximum Gasteiger partial charge on any atom is 0.260 e. The number of benzene rings is 2. The number of nitrogens with one attached hydrogen (secondary N) is 1. The van der Waals surface area contributed by atoms with Crippen molar-refractivity contribution in [1.29, 1.82) is 0 Å². The molecule has 5 heteroatoms. The van der Waals surface area contributed by atoms with E-state index in [1.165, 1.54) is 12.1 Å². The fourth-order valence-electron chi connectivity index (χ4n) is 2.05. The minimum atomic E-state index is -0.553. The first-order valence-electron chi connectivity index (χ1n) is 6.31. The summed E-state index contributed by atoms with van der Waals surface area (Å²) < 4.78 is 13.7. The smallest absolute Gasteiger partial charge is 0.260 e. The molecule has 2 aromatic rings. The third-order valence-electron chi connectivity index (χ3n) is 3.02. The fourth-order valence-corrected chi connectivity index (χ4v) is 2.05. The Morgan fingerprint density at radius 3 is 2.50 bits per heavy atom. The van der Waals surface area contributed by atoms with Gasteiger partial charge < -0.3 is 10.3 Å². The standard InChI is InChI=1S/C15H16FN3O/c1-2-19(11-7-4-3-5-8-11)15(20)12-9-6-10-13(16)14(12)18-17/h3-10,18H,2,17H2,1H3. The Balaban J connectivity index is 2.42. The van der Waals surface area contributed by atoms with Crippen molar-refractivity contribution in [2.75, 3.05) is 16.9 Å². The third-order valence-corrected chi connectivity index (χ3v) is 3.02. The molecule has 4 nitrogen and oxygen atoms in total. The van der Waals surface area contributed by atoms with Crippen LogP contribution < -0.4 is 16.2 Å². The van der Waals surface area contributed by atoms with Crippen molar-refractivity contribution >= 4 is 17.3 Å². The molecule has 0 heterocycles. The van der Waals surface area contributed by atoms with Gasteiger partial charge in [-0.25, -0.2) is 4.39 Å². The third kappa shape index (κ3) is 2.62. The monoisotopic (exact) mass is 273 g/mol. The maximum atomic E-state index is 13.7. The molecule has 0 aliphatic carbocycles. The van der Waals surface area contributed by atoms with E-state index in [1.54, 1.807) is 11.0 Å². The highest BCUT2D eigenvalue weighted by Gasteiger charge is 2.20. The number of amides is 1. The number of carbonyl (C=O) groups excluding carboxylic acids is 1. The average Bonchev–Trinajstić information content (AvgIpc) is 2.48. The number of rotatable bonds is 4. The van der Waals surface area contributed by atoms with Gasteiger partial charge in [0.15, 0.2) is 0 Å². The topological polar surface area (TPSA) is 58.4 Å². The molecule has 0 saturated carbocycles. The summed E-state index contributed by atoms with van der Waals surface area (Å²) in [5, 5.41) is 0. The van der Waals surface area contributed by atoms with Crippen molar-refractivity contribution in [3.63, 3.8) is 0 Å². The van der Waals surface area contributed by atoms with Crippen LogP contribution in [0.25, 0.3) is 0 Å². The normalized spacial score (nSPS) is 10.2. The van der Waals surface area contributed by atoms with Crippen LogP contribution in [0.1, 0.15) is 17.3 Å². The zero-order chi connectivity index (χ0) is 14.5. The number of nitrogen functional groups attached to an aromatic ring is 1. The van der Waals surface area contributed by atoms with Crippen LogP contribution in [0.4, 0.5) is 15.8 Å². The Morgan fingerprint density at radius 1 is 1.20 bits per heavy atom. The van der Waals surface area contributed by atoms with Crippen LogP contribution in [0.2, 0.25) is 0 Å². The lowest BCUT2D eigenvalue weighted by Gasteiger charge is -2.22. The lowest BCUT2D eigenvalue weighted by atomic mass is 10.1. The summed E-state index contributed by atoms with van der Waals surface area (Å²) in [6.07, 6.45) is 0. The predicted octanol–water partition coefficient (Wildman–Crippen LogP) is 2.78. The second-order valence-corrected chi connectivity index (χ2v) is 4.19. The molecule has 3 N–H and O–H groups in total. The first-order chi connectivity index (χ1) is 9.69. The molecule has 0 fully saturated rings. The van der Waals surface area contributed by atoms with Crippen LogP contribution in [-0.2, 0) is 0 Å². The molecule has 0 aromatic heterocycles. The van der Waals surface area contributed by atoms with E-state index in [2.05, 4.69) is 5.43 Å². The highest BCUT2D eigenvalue weighted by molar-refractivity contribution is 6.09. The van der Waals surface area contributed by atoms with E-state index in [1.807, 2.05) is 37.3 Å². The van der Waals surface area contributed by atoms with Crippen LogP contribution in [0.3, 0.4) is 0 Å². The van der Waals surface area contributed by atoms with Crippen LogP contribution >= 0.6 is 0 Å². The van der Waals surface area contributed by atoms with Crippen LogP contribution in [-0.4, -0.2) is 12.5 Å². The first-order valence-corrected chi connectivity index (χ1v) is 6.31. The molecule has 104 valence electrons. The van der Waals surface area contributed by atoms with Gasteiger partial charge in [0, 0.05) is 12.2 Å². The molecule has 0 aliphatic rings. The number of halogens is 1. The minimum Gasteiger partial charge on any atom is -0.321 e. The van der Waals surface area contributed by atoms with E-state index in [-0.39, 0.29) is 17.2 Å². The van der Waals surface area contributed by atoms with Gasteiger partial charge in [0.1, 0.15) is 5.82 Å². The van der Waals surface area contributed by atoms with Crippen molar-refractivity contribution in [2.24, 2.45) is 5.84 Å². The second kappa shape index (κ2) is 6.16. The molecular formula is C15H16FN3O. The molecule has 2 aromatic carbocycles. The van der Waals surface area contributed by atoms with E-state index in [9.17, 15) is 9.18 Å². The summed E-state index contributed by atoms with van der Waals surface area (Å²) in [5.74, 6) is 4.46. The molecule has 0 unspecified atom stereocenters. The highest BCUT2D eigenvalue weighted by Crippen LogP contribution is 2.23. The molecule has 20 heavy (non-hydrogen) atoms. The fraction of sp³-hybridized carbons (Fsp3) is 0.133. The SMILES string of the molecule is CCN(C(=O)c1cccc(F)c1NN)c1ccccc1. The van der Waals surface area contributed by atoms with Gasteiger partial charge in [-0.05, 0) is 31.2 Å². The van der Waals surface area contributed by atoms with E-state index < -0.39 is 5.82 Å². The van der Waals surface area contributed by atoms with Crippen molar-refractivity contribution in [3.8, 4) is 0 Å². The number of anilines is 2. The second-order valence-electron chi connectivity index (χ2n) is 4.19. The summed E-state index contributed by atoms with van der Waals surface area (Å²) in [4.78, 5) is 14.1. The number of nitrogens with two attached hydrogens (primary N) is 1. The van der Waals surface area contributed by atoms with E-state index in [0.717, 1.165) is 5.69 Å². The number of hydrogen-bond acceptors (Lipinski definition) is 3. The average molecular weight is 273 g/mol. The summed E-state index contributed by atoms with van der Waals surface area (Å²) in [6.45, 7) is 2.34. The molecular weight excluding hydrogens is 257 g/mol. The zero-order valence-electron chi connectivity index (χ0n) is 11.1. The van der Waals surface area contributed by atoms with Crippen molar-refractivity contribution in [1.82, 2.24) is 0 Å². The van der Waals surface area contributed by atoms with Gasteiger partial charge in [0.25, 0.3) is 5.91 Å². The Labute approximate surface area is 117 Å². The molecule has 2 rings (SSSR count). The predicted molar refractivity (Wildman–Crippen MR) is 78.0 cm³/mol. The Kier molecular flexibility index (Phi) is 4.32. The summed E-state index contributed by atoms with van der Waals surface area (Å²) in [6, 6.07) is 13.5. The van der Waals surface area contributed by atoms with Crippen LogP contribution in [0.15, 0.2) is 48.5 Å².